The van der Waals surface area contributed by atoms with Crippen LogP contribution in [0.3, 0.4) is 0 Å². The summed E-state index contributed by atoms with van der Waals surface area (Å²) in [7, 11) is 0. The third-order valence-corrected chi connectivity index (χ3v) is 3.99. The Balaban J connectivity index is 1.95. The number of benzene rings is 1. The van der Waals surface area contributed by atoms with Crippen LogP contribution in [0.15, 0.2) is 18.2 Å². The molecule has 1 atom stereocenters. The van der Waals surface area contributed by atoms with E-state index in [0.717, 1.165) is 30.1 Å². The molecule has 1 aliphatic carbocycles. The van der Waals surface area contributed by atoms with Crippen LogP contribution in [0.1, 0.15) is 61.5 Å². The van der Waals surface area contributed by atoms with Crippen LogP contribution in [0.25, 0.3) is 0 Å². The highest BCUT2D eigenvalue weighted by Gasteiger charge is 2.34. The molecule has 0 saturated heterocycles. The summed E-state index contributed by atoms with van der Waals surface area (Å²) in [5.41, 5.74) is 2.80. The highest BCUT2D eigenvalue weighted by molar-refractivity contribution is 5.90. The molecular formula is C18H25O3. The second kappa shape index (κ2) is 6.18. The quantitative estimate of drug-likeness (QED) is 0.594. The first-order valence-electron chi connectivity index (χ1n) is 7.58. The molecule has 1 aliphatic rings. The monoisotopic (exact) mass is 289 g/mol. The summed E-state index contributed by atoms with van der Waals surface area (Å²) < 4.78 is 0. The van der Waals surface area contributed by atoms with Crippen LogP contribution in [0, 0.1) is 31.3 Å². The van der Waals surface area contributed by atoms with Crippen LogP contribution >= 0.6 is 0 Å². The lowest BCUT2D eigenvalue weighted by Crippen LogP contribution is -2.28. The molecule has 1 radical (unpaired) electrons. The van der Waals surface area contributed by atoms with Gasteiger partial charge in [-0.15, -0.1) is 0 Å². The molecular weight excluding hydrogens is 264 g/mol. The molecule has 0 aromatic heterocycles. The van der Waals surface area contributed by atoms with Gasteiger partial charge in [0.1, 0.15) is 6.10 Å². The number of carbonyl (C=O) groups is 1. The summed E-state index contributed by atoms with van der Waals surface area (Å²) in [5, 5.41) is 0. The lowest BCUT2D eigenvalue weighted by Gasteiger charge is -2.36. The maximum absolute atomic E-state index is 12.1. The Hall–Kier alpha value is -1.35. The van der Waals surface area contributed by atoms with Gasteiger partial charge < -0.3 is 0 Å². The predicted molar refractivity (Wildman–Crippen MR) is 82.5 cm³/mol. The first-order chi connectivity index (χ1) is 9.77. The van der Waals surface area contributed by atoms with Crippen molar-refractivity contribution in [1.29, 1.82) is 0 Å². The van der Waals surface area contributed by atoms with E-state index in [1.54, 1.807) is 6.07 Å². The van der Waals surface area contributed by atoms with Gasteiger partial charge in [0.25, 0.3) is 0 Å². The van der Waals surface area contributed by atoms with E-state index >= 15 is 0 Å². The summed E-state index contributed by atoms with van der Waals surface area (Å²) in [6.45, 7) is 10.6. The van der Waals surface area contributed by atoms with Crippen LogP contribution in [0.4, 0.5) is 0 Å². The molecule has 0 spiro atoms. The summed E-state index contributed by atoms with van der Waals surface area (Å²) in [5.74, 6) is 0.139. The topological polar surface area (TPSA) is 35.5 Å². The molecule has 1 aromatic carbocycles. The van der Waals surface area contributed by atoms with Crippen molar-refractivity contribution in [2.75, 3.05) is 0 Å². The summed E-state index contributed by atoms with van der Waals surface area (Å²) >= 11 is 0. The lowest BCUT2D eigenvalue weighted by atomic mass is 9.71. The van der Waals surface area contributed by atoms with Crippen LogP contribution in [0.2, 0.25) is 0 Å². The summed E-state index contributed by atoms with van der Waals surface area (Å²) in [6, 6.07) is 5.66. The van der Waals surface area contributed by atoms with Crippen molar-refractivity contribution in [3.05, 3.63) is 41.0 Å². The largest absolute Gasteiger partial charge is 0.373 e. The number of hydrogen-bond acceptors (Lipinski definition) is 3. The number of carbonyl (C=O) groups excluding carboxylic acids is 1. The molecule has 1 fully saturated rings. The van der Waals surface area contributed by atoms with Gasteiger partial charge in [0, 0.05) is 0 Å². The van der Waals surface area contributed by atoms with Crippen molar-refractivity contribution in [3.63, 3.8) is 0 Å². The Kier molecular flexibility index (Phi) is 4.72. The van der Waals surface area contributed by atoms with Gasteiger partial charge in [-0.05, 0) is 56.1 Å². The molecule has 115 valence electrons. The maximum Gasteiger partial charge on any atom is 0.373 e. The van der Waals surface area contributed by atoms with Gasteiger partial charge >= 0.3 is 5.97 Å². The van der Waals surface area contributed by atoms with Gasteiger partial charge in [-0.1, -0.05) is 38.5 Å². The lowest BCUT2D eigenvalue weighted by molar-refractivity contribution is -0.245. The normalized spacial score (nSPS) is 22.0. The fourth-order valence-electron chi connectivity index (χ4n) is 3.33. The third-order valence-electron chi connectivity index (χ3n) is 3.99. The molecule has 0 amide bonds. The Morgan fingerprint density at radius 1 is 1.29 bits per heavy atom. The van der Waals surface area contributed by atoms with Crippen molar-refractivity contribution in [2.45, 2.75) is 53.9 Å². The van der Waals surface area contributed by atoms with Gasteiger partial charge in [0.2, 0.25) is 0 Å². The van der Waals surface area contributed by atoms with Gasteiger partial charge in [-0.3, -0.25) is 4.89 Å². The second-order valence-corrected chi connectivity index (χ2v) is 7.17. The van der Waals surface area contributed by atoms with Crippen LogP contribution < -0.4 is 0 Å². The van der Waals surface area contributed by atoms with E-state index in [0.29, 0.717) is 11.5 Å². The van der Waals surface area contributed by atoms with Crippen molar-refractivity contribution >= 4 is 5.97 Å². The smallest absolute Gasteiger partial charge is 0.292 e. The zero-order valence-electron chi connectivity index (χ0n) is 13.7. The number of aryl methyl sites for hydroxylation is 2. The average Bonchev–Trinajstić information content (AvgIpc) is 2.33. The Morgan fingerprint density at radius 2 is 2.00 bits per heavy atom. The van der Waals surface area contributed by atoms with Crippen molar-refractivity contribution in [2.24, 2.45) is 11.3 Å². The summed E-state index contributed by atoms with van der Waals surface area (Å²) in [4.78, 5) is 22.5. The van der Waals surface area contributed by atoms with Gasteiger partial charge in [0.15, 0.2) is 0 Å². The van der Waals surface area contributed by atoms with Crippen molar-refractivity contribution < 1.29 is 14.6 Å². The number of rotatable bonds is 3. The molecule has 0 heterocycles. The molecule has 0 aliphatic heterocycles. The third kappa shape index (κ3) is 4.31. The molecule has 1 aromatic rings. The Morgan fingerprint density at radius 3 is 2.62 bits per heavy atom. The SMILES string of the molecule is Cc1ccc(C(=O)OO[C]2CC(C)CC(C)(C)C2)c(C)c1. The van der Waals surface area contributed by atoms with E-state index < -0.39 is 5.97 Å². The Bertz CT molecular complexity index is 519. The highest BCUT2D eigenvalue weighted by atomic mass is 17.2. The molecule has 1 saturated carbocycles. The fourth-order valence-corrected chi connectivity index (χ4v) is 3.33. The molecule has 0 N–H and O–H groups in total. The molecule has 3 heteroatoms. The van der Waals surface area contributed by atoms with Crippen molar-refractivity contribution in [1.82, 2.24) is 0 Å². The molecule has 1 unspecified atom stereocenters. The van der Waals surface area contributed by atoms with E-state index in [4.69, 9.17) is 9.78 Å². The minimum Gasteiger partial charge on any atom is -0.292 e. The van der Waals surface area contributed by atoms with E-state index in [1.807, 2.05) is 26.0 Å². The van der Waals surface area contributed by atoms with E-state index in [9.17, 15) is 4.79 Å². The second-order valence-electron chi connectivity index (χ2n) is 7.17. The zero-order valence-corrected chi connectivity index (χ0v) is 13.7. The molecule has 2 rings (SSSR count). The molecule has 21 heavy (non-hydrogen) atoms. The Labute approximate surface area is 127 Å². The van der Waals surface area contributed by atoms with Crippen LogP contribution in [0.5, 0.6) is 0 Å². The van der Waals surface area contributed by atoms with E-state index in [1.165, 1.54) is 6.42 Å². The van der Waals surface area contributed by atoms with E-state index in [-0.39, 0.29) is 5.41 Å². The highest BCUT2D eigenvalue weighted by Crippen LogP contribution is 2.43. The van der Waals surface area contributed by atoms with Gasteiger partial charge in [-0.25, -0.2) is 4.79 Å². The van der Waals surface area contributed by atoms with Crippen LogP contribution in [-0.4, -0.2) is 5.97 Å². The molecule has 0 bridgehead atoms. The summed E-state index contributed by atoms with van der Waals surface area (Å²) in [6.07, 6.45) is 3.75. The molecule has 3 nitrogen and oxygen atoms in total. The van der Waals surface area contributed by atoms with Crippen LogP contribution in [-0.2, 0) is 9.78 Å². The van der Waals surface area contributed by atoms with E-state index in [2.05, 4.69) is 20.8 Å². The number of hydrogen-bond donors (Lipinski definition) is 0. The minimum atomic E-state index is -0.420. The fraction of sp³-hybridized carbons (Fsp3) is 0.556. The first kappa shape index (κ1) is 16.0. The average molecular weight is 289 g/mol. The minimum absolute atomic E-state index is 0.208. The maximum atomic E-state index is 12.1. The zero-order chi connectivity index (χ0) is 15.6. The van der Waals surface area contributed by atoms with Gasteiger partial charge in [-0.2, -0.15) is 4.89 Å². The first-order valence-corrected chi connectivity index (χ1v) is 7.58. The predicted octanol–water partition coefficient (Wildman–Crippen LogP) is 4.77. The van der Waals surface area contributed by atoms with Gasteiger partial charge in [0.05, 0.1) is 5.56 Å². The van der Waals surface area contributed by atoms with Crippen molar-refractivity contribution in [3.8, 4) is 0 Å². The standard InChI is InChI=1S/C18H25O3/c1-12-6-7-16(14(3)8-12)17(19)21-20-15-9-13(2)10-18(4,5)11-15/h6-8,13H,9-11H2,1-5H3.